The molecule has 0 spiro atoms. The molecule has 23 heavy (non-hydrogen) atoms. The number of amides is 2. The zero-order chi connectivity index (χ0) is 16.8. The van der Waals surface area contributed by atoms with Crippen LogP contribution in [0.15, 0.2) is 18.2 Å². The molecule has 1 heterocycles. The summed E-state index contributed by atoms with van der Waals surface area (Å²) in [5.41, 5.74) is 0.441. The Balaban J connectivity index is 2.09. The minimum Gasteiger partial charge on any atom is -0.496 e. The summed E-state index contributed by atoms with van der Waals surface area (Å²) >= 11 is 6.00. The van der Waals surface area contributed by atoms with Crippen LogP contribution in [0.1, 0.15) is 16.8 Å². The molecule has 0 saturated carbocycles. The third kappa shape index (κ3) is 4.36. The highest BCUT2D eigenvalue weighted by atomic mass is 35.5. The number of carbonyl (C=O) groups is 2. The van der Waals surface area contributed by atoms with Gasteiger partial charge in [-0.1, -0.05) is 11.6 Å². The third-order valence-electron chi connectivity index (χ3n) is 3.80. The van der Waals surface area contributed by atoms with E-state index < -0.39 is 0 Å². The zero-order valence-electron chi connectivity index (χ0n) is 13.4. The SMILES string of the molecule is COCC(=O)N1CCCN(C(=O)c2cc(Cl)ccc2OC)CC1. The number of ether oxygens (including phenoxy) is 2. The van der Waals surface area contributed by atoms with Crippen LogP contribution in [0.4, 0.5) is 0 Å². The molecule has 1 saturated heterocycles. The van der Waals surface area contributed by atoms with Gasteiger partial charge < -0.3 is 19.3 Å². The fourth-order valence-electron chi connectivity index (χ4n) is 2.60. The van der Waals surface area contributed by atoms with Crippen molar-refractivity contribution in [3.63, 3.8) is 0 Å². The van der Waals surface area contributed by atoms with Crippen LogP contribution in [-0.2, 0) is 9.53 Å². The summed E-state index contributed by atoms with van der Waals surface area (Å²) < 4.78 is 10.1. The minimum atomic E-state index is -0.134. The van der Waals surface area contributed by atoms with Gasteiger partial charge in [0.2, 0.25) is 5.91 Å². The molecule has 0 aliphatic carbocycles. The summed E-state index contributed by atoms with van der Waals surface area (Å²) in [5, 5.41) is 0.487. The average molecular weight is 341 g/mol. The van der Waals surface area contributed by atoms with Crippen molar-refractivity contribution in [2.45, 2.75) is 6.42 Å². The molecule has 1 aliphatic rings. The van der Waals surface area contributed by atoms with Gasteiger partial charge in [0.15, 0.2) is 0 Å². The van der Waals surface area contributed by atoms with Crippen LogP contribution >= 0.6 is 11.6 Å². The van der Waals surface area contributed by atoms with E-state index in [4.69, 9.17) is 21.1 Å². The van der Waals surface area contributed by atoms with Gasteiger partial charge >= 0.3 is 0 Å². The van der Waals surface area contributed by atoms with E-state index in [9.17, 15) is 9.59 Å². The Morgan fingerprint density at radius 3 is 2.52 bits per heavy atom. The first kappa shape index (κ1) is 17.6. The largest absolute Gasteiger partial charge is 0.496 e. The fraction of sp³-hybridized carbons (Fsp3) is 0.500. The van der Waals surface area contributed by atoms with Crippen LogP contribution in [0.25, 0.3) is 0 Å². The Bertz CT molecular complexity index is 579. The molecule has 7 heteroatoms. The van der Waals surface area contributed by atoms with E-state index in [1.165, 1.54) is 14.2 Å². The van der Waals surface area contributed by atoms with E-state index in [-0.39, 0.29) is 18.4 Å². The number of benzene rings is 1. The van der Waals surface area contributed by atoms with Gasteiger partial charge in [0.1, 0.15) is 12.4 Å². The quantitative estimate of drug-likeness (QED) is 0.836. The predicted molar refractivity (Wildman–Crippen MR) is 87.0 cm³/mol. The normalized spacial score (nSPS) is 15.3. The molecule has 126 valence electrons. The van der Waals surface area contributed by atoms with Crippen molar-refractivity contribution in [2.75, 3.05) is 47.0 Å². The van der Waals surface area contributed by atoms with Crippen LogP contribution in [0.5, 0.6) is 5.75 Å². The standard InChI is InChI=1S/C16H21ClN2O4/c1-22-11-15(20)18-6-3-7-19(9-8-18)16(21)13-10-12(17)4-5-14(13)23-2/h4-5,10H,3,6-9,11H2,1-2H3. The average Bonchev–Trinajstić information content (AvgIpc) is 2.80. The van der Waals surface area contributed by atoms with Crippen molar-refractivity contribution >= 4 is 23.4 Å². The molecule has 2 rings (SSSR count). The first-order chi connectivity index (χ1) is 11.1. The molecule has 6 nitrogen and oxygen atoms in total. The number of hydrogen-bond donors (Lipinski definition) is 0. The van der Waals surface area contributed by atoms with E-state index in [0.29, 0.717) is 42.5 Å². The lowest BCUT2D eigenvalue weighted by Crippen LogP contribution is -2.38. The number of methoxy groups -OCH3 is 2. The van der Waals surface area contributed by atoms with E-state index >= 15 is 0 Å². The molecular weight excluding hydrogens is 320 g/mol. The Hall–Kier alpha value is -1.79. The Morgan fingerprint density at radius 1 is 1.13 bits per heavy atom. The van der Waals surface area contributed by atoms with Crippen molar-refractivity contribution in [2.24, 2.45) is 0 Å². The molecular formula is C16H21ClN2O4. The van der Waals surface area contributed by atoms with Crippen LogP contribution in [0.2, 0.25) is 5.02 Å². The highest BCUT2D eigenvalue weighted by molar-refractivity contribution is 6.31. The molecule has 0 N–H and O–H groups in total. The maximum atomic E-state index is 12.7. The van der Waals surface area contributed by atoms with Gasteiger partial charge in [-0.25, -0.2) is 0 Å². The second-order valence-corrected chi connectivity index (χ2v) is 5.74. The lowest BCUT2D eigenvalue weighted by molar-refractivity contribution is -0.135. The third-order valence-corrected chi connectivity index (χ3v) is 4.03. The first-order valence-corrected chi connectivity index (χ1v) is 7.84. The van der Waals surface area contributed by atoms with Crippen molar-refractivity contribution in [1.29, 1.82) is 0 Å². The molecule has 0 unspecified atom stereocenters. The van der Waals surface area contributed by atoms with Crippen LogP contribution in [-0.4, -0.2) is 68.6 Å². The lowest BCUT2D eigenvalue weighted by atomic mass is 10.1. The summed E-state index contributed by atoms with van der Waals surface area (Å²) in [7, 11) is 3.02. The minimum absolute atomic E-state index is 0.0536. The van der Waals surface area contributed by atoms with Gasteiger partial charge in [0, 0.05) is 38.3 Å². The molecule has 0 radical (unpaired) electrons. The number of nitrogens with zero attached hydrogens (tertiary/aromatic N) is 2. The monoisotopic (exact) mass is 340 g/mol. The highest BCUT2D eigenvalue weighted by Gasteiger charge is 2.24. The molecule has 0 aromatic heterocycles. The Kier molecular flexibility index (Phi) is 6.24. The predicted octanol–water partition coefficient (Wildman–Crippen LogP) is 1.67. The zero-order valence-corrected chi connectivity index (χ0v) is 14.1. The smallest absolute Gasteiger partial charge is 0.257 e. The van der Waals surface area contributed by atoms with Crippen molar-refractivity contribution < 1.29 is 19.1 Å². The van der Waals surface area contributed by atoms with Crippen LogP contribution < -0.4 is 4.74 Å². The van der Waals surface area contributed by atoms with E-state index in [1.54, 1.807) is 28.0 Å². The highest BCUT2D eigenvalue weighted by Crippen LogP contribution is 2.24. The molecule has 2 amide bonds. The Labute approximate surface area is 140 Å². The number of halogens is 1. The van der Waals surface area contributed by atoms with Crippen LogP contribution in [0.3, 0.4) is 0 Å². The maximum Gasteiger partial charge on any atom is 0.257 e. The fourth-order valence-corrected chi connectivity index (χ4v) is 2.77. The van der Waals surface area contributed by atoms with Gasteiger partial charge in [-0.3, -0.25) is 9.59 Å². The summed E-state index contributed by atoms with van der Waals surface area (Å²) in [6.45, 7) is 2.25. The number of carbonyl (C=O) groups excluding carboxylic acids is 2. The summed E-state index contributed by atoms with van der Waals surface area (Å²) in [6.07, 6.45) is 0.726. The van der Waals surface area contributed by atoms with Gasteiger partial charge in [0.05, 0.1) is 12.7 Å². The summed E-state index contributed by atoms with van der Waals surface area (Å²) in [4.78, 5) is 28.1. The molecule has 0 bridgehead atoms. The second kappa shape index (κ2) is 8.17. The van der Waals surface area contributed by atoms with Crippen molar-refractivity contribution in [3.05, 3.63) is 28.8 Å². The van der Waals surface area contributed by atoms with E-state index in [2.05, 4.69) is 0 Å². The summed E-state index contributed by atoms with van der Waals surface area (Å²) in [6, 6.07) is 4.98. The van der Waals surface area contributed by atoms with E-state index in [1.807, 2.05) is 0 Å². The maximum absolute atomic E-state index is 12.7. The molecule has 0 atom stereocenters. The lowest BCUT2D eigenvalue weighted by Gasteiger charge is -2.22. The van der Waals surface area contributed by atoms with Crippen LogP contribution in [0, 0.1) is 0 Å². The van der Waals surface area contributed by atoms with Crippen molar-refractivity contribution in [1.82, 2.24) is 9.80 Å². The topological polar surface area (TPSA) is 59.1 Å². The van der Waals surface area contributed by atoms with Gasteiger partial charge in [-0.2, -0.15) is 0 Å². The number of hydrogen-bond acceptors (Lipinski definition) is 4. The van der Waals surface area contributed by atoms with Crippen molar-refractivity contribution in [3.8, 4) is 5.75 Å². The molecule has 1 aliphatic heterocycles. The molecule has 1 fully saturated rings. The van der Waals surface area contributed by atoms with E-state index in [0.717, 1.165) is 6.42 Å². The van der Waals surface area contributed by atoms with Gasteiger partial charge in [-0.15, -0.1) is 0 Å². The molecule has 1 aromatic rings. The second-order valence-electron chi connectivity index (χ2n) is 5.30. The summed E-state index contributed by atoms with van der Waals surface area (Å²) in [5.74, 6) is 0.309. The van der Waals surface area contributed by atoms with Gasteiger partial charge in [0.25, 0.3) is 5.91 Å². The Morgan fingerprint density at radius 2 is 1.83 bits per heavy atom. The molecule has 1 aromatic carbocycles. The number of rotatable bonds is 4. The first-order valence-electron chi connectivity index (χ1n) is 7.46. The van der Waals surface area contributed by atoms with Gasteiger partial charge in [-0.05, 0) is 24.6 Å².